The molecular formula is C29H33ClN4O2. The SMILES string of the molecule is C=C/C(=C\C=C/C)CCC1N=C(c2ccc(NC(=O)NC(C)(C)C)cc2)c2cc(Cl)ccc2NC1=O. The number of urea groups is 1. The Bertz CT molecular complexity index is 1220. The first-order chi connectivity index (χ1) is 17.1. The maximum absolute atomic E-state index is 13.1. The van der Waals surface area contributed by atoms with Crippen LogP contribution in [0.1, 0.15) is 51.7 Å². The number of hydrogen-bond acceptors (Lipinski definition) is 3. The predicted molar refractivity (Wildman–Crippen MR) is 150 cm³/mol. The molecule has 0 saturated heterocycles. The van der Waals surface area contributed by atoms with E-state index in [-0.39, 0.29) is 17.5 Å². The first kappa shape index (κ1) is 27.0. The molecule has 3 rings (SSSR count). The quantitative estimate of drug-likeness (QED) is 0.359. The molecule has 1 heterocycles. The van der Waals surface area contributed by atoms with Crippen molar-refractivity contribution in [1.82, 2.24) is 5.32 Å². The summed E-state index contributed by atoms with van der Waals surface area (Å²) in [6.07, 6.45) is 8.88. The molecule has 0 aromatic heterocycles. The average Bonchev–Trinajstić information content (AvgIpc) is 2.94. The van der Waals surface area contributed by atoms with Gasteiger partial charge < -0.3 is 16.0 Å². The van der Waals surface area contributed by atoms with Crippen molar-refractivity contribution in [1.29, 1.82) is 0 Å². The lowest BCUT2D eigenvalue weighted by Gasteiger charge is -2.20. The van der Waals surface area contributed by atoms with Crippen LogP contribution < -0.4 is 16.0 Å². The molecule has 6 nitrogen and oxygen atoms in total. The Labute approximate surface area is 218 Å². The summed E-state index contributed by atoms with van der Waals surface area (Å²) in [7, 11) is 0. The van der Waals surface area contributed by atoms with Crippen LogP contribution in [0.2, 0.25) is 5.02 Å². The summed E-state index contributed by atoms with van der Waals surface area (Å²) >= 11 is 6.31. The molecule has 7 heteroatoms. The summed E-state index contributed by atoms with van der Waals surface area (Å²) in [5.41, 5.74) is 4.23. The smallest absolute Gasteiger partial charge is 0.319 e. The minimum absolute atomic E-state index is 0.167. The van der Waals surface area contributed by atoms with Crippen LogP contribution in [0.5, 0.6) is 0 Å². The number of hydrogen-bond donors (Lipinski definition) is 3. The number of nitrogens with one attached hydrogen (secondary N) is 3. The molecular weight excluding hydrogens is 472 g/mol. The lowest BCUT2D eigenvalue weighted by atomic mass is 10.00. The van der Waals surface area contributed by atoms with Crippen LogP contribution in [-0.2, 0) is 4.79 Å². The summed E-state index contributed by atoms with van der Waals surface area (Å²) in [6.45, 7) is 11.6. The van der Waals surface area contributed by atoms with Gasteiger partial charge >= 0.3 is 6.03 Å². The van der Waals surface area contributed by atoms with E-state index < -0.39 is 6.04 Å². The first-order valence-electron chi connectivity index (χ1n) is 11.9. The van der Waals surface area contributed by atoms with Crippen LogP contribution in [0.15, 0.2) is 83.9 Å². The van der Waals surface area contributed by atoms with Crippen LogP contribution >= 0.6 is 11.6 Å². The van der Waals surface area contributed by atoms with Gasteiger partial charge in [-0.05, 0) is 76.4 Å². The van der Waals surface area contributed by atoms with Crippen molar-refractivity contribution < 1.29 is 9.59 Å². The maximum atomic E-state index is 13.1. The molecule has 0 fully saturated rings. The fourth-order valence-electron chi connectivity index (χ4n) is 3.74. The van der Waals surface area contributed by atoms with Gasteiger partial charge in [-0.15, -0.1) is 0 Å². The highest BCUT2D eigenvalue weighted by Gasteiger charge is 2.26. The summed E-state index contributed by atoms with van der Waals surface area (Å²) in [5, 5.41) is 9.27. The summed E-state index contributed by atoms with van der Waals surface area (Å²) in [5.74, 6) is -0.167. The molecule has 188 valence electrons. The average molecular weight is 505 g/mol. The van der Waals surface area contributed by atoms with Gasteiger partial charge in [-0.1, -0.05) is 54.6 Å². The molecule has 3 amide bonds. The summed E-state index contributed by atoms with van der Waals surface area (Å²) < 4.78 is 0. The molecule has 1 aliphatic rings. The number of carbonyl (C=O) groups excluding carboxylic acids is 2. The Balaban J connectivity index is 1.93. The monoisotopic (exact) mass is 504 g/mol. The van der Waals surface area contributed by atoms with Gasteiger partial charge in [0, 0.05) is 27.4 Å². The van der Waals surface area contributed by atoms with Crippen molar-refractivity contribution >= 4 is 40.6 Å². The zero-order chi connectivity index (χ0) is 26.3. The second-order valence-corrected chi connectivity index (χ2v) is 10.0. The molecule has 3 N–H and O–H groups in total. The molecule has 0 radical (unpaired) electrons. The number of halogens is 1. The molecule has 2 aromatic rings. The van der Waals surface area contributed by atoms with Gasteiger partial charge in [-0.2, -0.15) is 0 Å². The second kappa shape index (κ2) is 11.9. The zero-order valence-corrected chi connectivity index (χ0v) is 21.9. The minimum atomic E-state index is -0.588. The standard InChI is InChI=1S/C29H33ClN4O2/c1-6-8-9-19(7-2)10-16-25-27(35)33-24-17-13-21(30)18-23(24)26(32-25)20-11-14-22(15-12-20)31-28(36)34-29(3,4)5/h6-9,11-15,17-18,25H,2,10,16H2,1,3-5H3,(H,33,35)(H2,31,34,36)/b8-6-,19-9+. The fraction of sp³-hybridized carbons (Fsp3) is 0.276. The number of amides is 3. The fourth-order valence-corrected chi connectivity index (χ4v) is 3.91. The molecule has 0 saturated carbocycles. The van der Waals surface area contributed by atoms with Gasteiger partial charge in [0.1, 0.15) is 6.04 Å². The number of anilines is 2. The third-order valence-corrected chi connectivity index (χ3v) is 5.69. The first-order valence-corrected chi connectivity index (χ1v) is 12.3. The van der Waals surface area contributed by atoms with E-state index in [1.54, 1.807) is 18.2 Å². The Hall–Kier alpha value is -3.64. The lowest BCUT2D eigenvalue weighted by molar-refractivity contribution is -0.117. The highest BCUT2D eigenvalue weighted by Crippen LogP contribution is 2.29. The third-order valence-electron chi connectivity index (χ3n) is 5.46. The van der Waals surface area contributed by atoms with Crippen LogP contribution in [0.3, 0.4) is 0 Å². The minimum Gasteiger partial charge on any atom is -0.333 e. The van der Waals surface area contributed by atoms with Crippen LogP contribution in [0.25, 0.3) is 0 Å². The van der Waals surface area contributed by atoms with Gasteiger partial charge in [0.05, 0.1) is 11.4 Å². The van der Waals surface area contributed by atoms with Crippen molar-refractivity contribution in [2.24, 2.45) is 4.99 Å². The lowest BCUT2D eigenvalue weighted by Crippen LogP contribution is -2.43. The summed E-state index contributed by atoms with van der Waals surface area (Å²) in [4.78, 5) is 30.2. The Morgan fingerprint density at radius 1 is 1.19 bits per heavy atom. The Morgan fingerprint density at radius 3 is 2.56 bits per heavy atom. The van der Waals surface area contributed by atoms with Crippen LogP contribution in [0.4, 0.5) is 16.2 Å². The Kier molecular flexibility index (Phi) is 8.88. The van der Waals surface area contributed by atoms with E-state index in [0.717, 1.165) is 16.7 Å². The number of allylic oxidation sites excluding steroid dienone is 5. The van der Waals surface area contributed by atoms with E-state index >= 15 is 0 Å². The molecule has 0 aliphatic carbocycles. The number of rotatable bonds is 7. The molecule has 0 spiro atoms. The molecule has 1 atom stereocenters. The van der Waals surface area contributed by atoms with Crippen molar-refractivity contribution in [2.45, 2.75) is 52.1 Å². The second-order valence-electron chi connectivity index (χ2n) is 9.59. The zero-order valence-electron chi connectivity index (χ0n) is 21.2. The van der Waals surface area contributed by atoms with E-state index in [4.69, 9.17) is 16.6 Å². The third kappa shape index (κ3) is 7.43. The van der Waals surface area contributed by atoms with Crippen molar-refractivity contribution in [3.8, 4) is 0 Å². The van der Waals surface area contributed by atoms with Gasteiger partial charge in [0.15, 0.2) is 0 Å². The predicted octanol–water partition coefficient (Wildman–Crippen LogP) is 6.89. The summed E-state index contributed by atoms with van der Waals surface area (Å²) in [6, 6.07) is 11.9. The maximum Gasteiger partial charge on any atom is 0.319 e. The number of nitrogens with zero attached hydrogens (tertiary/aromatic N) is 1. The highest BCUT2D eigenvalue weighted by atomic mass is 35.5. The largest absolute Gasteiger partial charge is 0.333 e. The van der Waals surface area contributed by atoms with Crippen molar-refractivity contribution in [3.63, 3.8) is 0 Å². The van der Waals surface area contributed by atoms with E-state index in [2.05, 4.69) is 22.5 Å². The van der Waals surface area contributed by atoms with Gasteiger partial charge in [0.2, 0.25) is 5.91 Å². The van der Waals surface area contributed by atoms with Crippen LogP contribution in [0, 0.1) is 0 Å². The van der Waals surface area contributed by atoms with E-state index in [1.165, 1.54) is 0 Å². The van der Waals surface area contributed by atoms with Gasteiger partial charge in [-0.3, -0.25) is 9.79 Å². The molecule has 0 bridgehead atoms. The topological polar surface area (TPSA) is 82.6 Å². The van der Waals surface area contributed by atoms with E-state index in [0.29, 0.717) is 35.0 Å². The Morgan fingerprint density at radius 2 is 1.92 bits per heavy atom. The number of benzene rings is 2. The van der Waals surface area contributed by atoms with E-state index in [1.807, 2.05) is 76.3 Å². The van der Waals surface area contributed by atoms with Gasteiger partial charge in [-0.25, -0.2) is 4.79 Å². The molecule has 1 unspecified atom stereocenters. The van der Waals surface area contributed by atoms with Crippen molar-refractivity contribution in [2.75, 3.05) is 10.6 Å². The highest BCUT2D eigenvalue weighted by molar-refractivity contribution is 6.32. The van der Waals surface area contributed by atoms with Crippen molar-refractivity contribution in [3.05, 3.63) is 95.1 Å². The normalized spacial score (nSPS) is 16.0. The number of carbonyl (C=O) groups is 2. The molecule has 2 aromatic carbocycles. The molecule has 1 aliphatic heterocycles. The van der Waals surface area contributed by atoms with Crippen LogP contribution in [-0.4, -0.2) is 29.2 Å². The van der Waals surface area contributed by atoms with E-state index in [9.17, 15) is 9.59 Å². The molecule has 36 heavy (non-hydrogen) atoms. The number of aliphatic imine (C=N–C) groups is 1. The van der Waals surface area contributed by atoms with Gasteiger partial charge in [0.25, 0.3) is 0 Å². The number of benzodiazepines with no additional fused rings is 1. The number of fused-ring (bicyclic) bond motifs is 1.